The van der Waals surface area contributed by atoms with Crippen molar-refractivity contribution >= 4 is 17.5 Å². The third-order valence-corrected chi connectivity index (χ3v) is 8.63. The first kappa shape index (κ1) is 30.0. The molecule has 0 bridgehead atoms. The monoisotopic (exact) mass is 558 g/mol. The molecule has 2 aromatic carbocycles. The van der Waals surface area contributed by atoms with Crippen molar-refractivity contribution in [3.05, 3.63) is 58.6 Å². The summed E-state index contributed by atoms with van der Waals surface area (Å²) in [5.74, 6) is -0.00989. The van der Waals surface area contributed by atoms with Gasteiger partial charge in [0.25, 0.3) is 0 Å². The van der Waals surface area contributed by atoms with Gasteiger partial charge in [0.1, 0.15) is 11.7 Å². The van der Waals surface area contributed by atoms with Gasteiger partial charge < -0.3 is 30.3 Å². The predicted octanol–water partition coefficient (Wildman–Crippen LogP) is 4.46. The van der Waals surface area contributed by atoms with E-state index >= 15 is 0 Å². The van der Waals surface area contributed by atoms with Gasteiger partial charge >= 0.3 is 0 Å². The minimum atomic E-state index is -1.40. The Morgan fingerprint density at radius 2 is 2.00 bits per heavy atom. The molecule has 0 aromatic heterocycles. The highest BCUT2D eigenvalue weighted by Crippen LogP contribution is 2.43. The summed E-state index contributed by atoms with van der Waals surface area (Å²) in [6.45, 7) is 5.90. The quantitative estimate of drug-likeness (QED) is 0.372. The average molecular weight is 559 g/mol. The number of aliphatic hydroxyl groups excluding tert-OH is 1. The molecule has 2 fully saturated rings. The van der Waals surface area contributed by atoms with Gasteiger partial charge in [-0.25, -0.2) is 0 Å². The van der Waals surface area contributed by atoms with Crippen molar-refractivity contribution < 1.29 is 24.5 Å². The van der Waals surface area contributed by atoms with Gasteiger partial charge in [-0.3, -0.25) is 4.79 Å². The minimum absolute atomic E-state index is 0.0343. The lowest BCUT2D eigenvalue weighted by molar-refractivity contribution is -0.167. The summed E-state index contributed by atoms with van der Waals surface area (Å²) in [5, 5.41) is 23.3. The smallest absolute Gasteiger partial charge is 0.226 e. The number of amides is 1. The summed E-state index contributed by atoms with van der Waals surface area (Å²) in [5.41, 5.74) is 8.21. The molecule has 5 atom stereocenters. The van der Waals surface area contributed by atoms with Gasteiger partial charge in [0.05, 0.1) is 19.3 Å². The van der Waals surface area contributed by atoms with E-state index in [9.17, 15) is 15.0 Å². The highest BCUT2D eigenvalue weighted by molar-refractivity contribution is 6.33. The number of methoxy groups -OCH3 is 1. The maximum atomic E-state index is 13.4. The second-order valence-electron chi connectivity index (χ2n) is 11.4. The number of ether oxygens (including phenoxy) is 2. The van der Waals surface area contributed by atoms with Crippen molar-refractivity contribution in [2.45, 2.75) is 75.7 Å². The van der Waals surface area contributed by atoms with E-state index in [1.54, 1.807) is 12.0 Å². The molecule has 4 rings (SSSR count). The van der Waals surface area contributed by atoms with Gasteiger partial charge in [0, 0.05) is 42.8 Å². The topological polar surface area (TPSA) is 105 Å². The van der Waals surface area contributed by atoms with Crippen LogP contribution in [0.1, 0.15) is 63.0 Å². The van der Waals surface area contributed by atoms with Crippen molar-refractivity contribution in [2.24, 2.45) is 11.7 Å². The molecular weight excluding hydrogens is 516 g/mol. The van der Waals surface area contributed by atoms with E-state index in [4.69, 9.17) is 26.8 Å². The first-order valence-corrected chi connectivity index (χ1v) is 14.5. The van der Waals surface area contributed by atoms with Gasteiger partial charge in [-0.15, -0.1) is 0 Å². The largest absolute Gasteiger partial charge is 0.391 e. The van der Waals surface area contributed by atoms with E-state index in [2.05, 4.69) is 26.0 Å². The SMILES string of the molecule is COCCCC[C@](O)(c1cccc(Cl)c1-c1cccc(C(C)C)c1)[C@H]1CN(C(=O)[C@H]2C[C@@H](N)[C@@H](O)C2)CCO1. The fourth-order valence-electron chi connectivity index (χ4n) is 5.99. The average Bonchev–Trinajstić information content (AvgIpc) is 3.28. The van der Waals surface area contributed by atoms with Crippen LogP contribution in [0.15, 0.2) is 42.5 Å². The van der Waals surface area contributed by atoms with Crippen LogP contribution < -0.4 is 5.73 Å². The molecule has 7 nitrogen and oxygen atoms in total. The number of morpholine rings is 1. The molecule has 1 amide bonds. The molecule has 1 saturated carbocycles. The number of halogens is 1. The maximum Gasteiger partial charge on any atom is 0.226 e. The minimum Gasteiger partial charge on any atom is -0.391 e. The maximum absolute atomic E-state index is 13.4. The molecule has 0 spiro atoms. The normalized spacial score (nSPS) is 25.2. The Balaban J connectivity index is 1.70. The number of nitrogens with zero attached hydrogens (tertiary/aromatic N) is 1. The first-order chi connectivity index (χ1) is 18.7. The Kier molecular flexibility index (Phi) is 10.1. The van der Waals surface area contributed by atoms with Gasteiger partial charge in [-0.05, 0) is 60.8 Å². The molecular formula is C31H43ClN2O5. The Labute approximate surface area is 237 Å². The lowest BCUT2D eigenvalue weighted by atomic mass is 9.78. The summed E-state index contributed by atoms with van der Waals surface area (Å²) in [6, 6.07) is 13.5. The molecule has 1 saturated heterocycles. The van der Waals surface area contributed by atoms with Crippen molar-refractivity contribution in [3.63, 3.8) is 0 Å². The zero-order valence-electron chi connectivity index (χ0n) is 23.3. The van der Waals surface area contributed by atoms with Gasteiger partial charge in [0.2, 0.25) is 5.91 Å². The summed E-state index contributed by atoms with van der Waals surface area (Å²) >= 11 is 6.85. The molecule has 8 heteroatoms. The van der Waals surface area contributed by atoms with E-state index in [-0.39, 0.29) is 24.4 Å². The van der Waals surface area contributed by atoms with Crippen LogP contribution in [-0.2, 0) is 19.9 Å². The third kappa shape index (κ3) is 6.67. The number of hydrogen-bond donors (Lipinski definition) is 3. The zero-order valence-corrected chi connectivity index (χ0v) is 24.1. The van der Waals surface area contributed by atoms with Gasteiger partial charge in [-0.2, -0.15) is 0 Å². The molecule has 0 unspecified atom stereocenters. The number of nitrogens with two attached hydrogens (primary N) is 1. The van der Waals surface area contributed by atoms with Crippen LogP contribution in [0.5, 0.6) is 0 Å². The zero-order chi connectivity index (χ0) is 28.2. The number of hydrogen-bond acceptors (Lipinski definition) is 6. The summed E-state index contributed by atoms with van der Waals surface area (Å²) < 4.78 is 11.5. The van der Waals surface area contributed by atoms with E-state index in [0.29, 0.717) is 61.9 Å². The number of benzene rings is 2. The molecule has 1 heterocycles. The van der Waals surface area contributed by atoms with Crippen LogP contribution in [-0.4, -0.2) is 72.7 Å². The number of unbranched alkanes of at least 4 members (excludes halogenated alkanes) is 1. The van der Waals surface area contributed by atoms with E-state index in [1.807, 2.05) is 30.3 Å². The molecule has 1 aliphatic heterocycles. The Hall–Kier alpha value is -2.00. The van der Waals surface area contributed by atoms with E-state index in [0.717, 1.165) is 17.5 Å². The molecule has 0 radical (unpaired) electrons. The molecule has 214 valence electrons. The molecule has 2 aliphatic rings. The molecule has 39 heavy (non-hydrogen) atoms. The number of aliphatic hydroxyl groups is 2. The van der Waals surface area contributed by atoms with Crippen molar-refractivity contribution in [1.82, 2.24) is 4.90 Å². The lowest BCUT2D eigenvalue weighted by Gasteiger charge is -2.44. The predicted molar refractivity (Wildman–Crippen MR) is 154 cm³/mol. The van der Waals surface area contributed by atoms with Crippen molar-refractivity contribution in [2.75, 3.05) is 33.4 Å². The fraction of sp³-hybridized carbons (Fsp3) is 0.581. The number of rotatable bonds is 10. The van der Waals surface area contributed by atoms with Crippen LogP contribution in [0.3, 0.4) is 0 Å². The first-order valence-electron chi connectivity index (χ1n) is 14.1. The summed E-state index contributed by atoms with van der Waals surface area (Å²) in [4.78, 5) is 15.2. The van der Waals surface area contributed by atoms with Gasteiger partial charge in [0.15, 0.2) is 0 Å². The highest BCUT2D eigenvalue weighted by Gasteiger charge is 2.45. The van der Waals surface area contributed by atoms with Crippen molar-refractivity contribution in [1.29, 1.82) is 0 Å². The van der Waals surface area contributed by atoms with E-state index in [1.165, 1.54) is 5.56 Å². The number of carbonyl (C=O) groups is 1. The van der Waals surface area contributed by atoms with Crippen molar-refractivity contribution in [3.8, 4) is 11.1 Å². The summed E-state index contributed by atoms with van der Waals surface area (Å²) in [7, 11) is 1.67. The second-order valence-corrected chi connectivity index (χ2v) is 11.8. The highest BCUT2D eigenvalue weighted by atomic mass is 35.5. The molecule has 2 aromatic rings. The van der Waals surface area contributed by atoms with Gasteiger partial charge in [-0.1, -0.05) is 61.8 Å². The van der Waals surface area contributed by atoms with Crippen LogP contribution in [0.25, 0.3) is 11.1 Å². The van der Waals surface area contributed by atoms with Crippen LogP contribution in [0.2, 0.25) is 5.02 Å². The van der Waals surface area contributed by atoms with Crippen LogP contribution in [0.4, 0.5) is 0 Å². The van der Waals surface area contributed by atoms with E-state index < -0.39 is 17.8 Å². The Bertz CT molecular complexity index is 1120. The molecule has 1 aliphatic carbocycles. The second kappa shape index (κ2) is 13.1. The molecule has 4 N–H and O–H groups in total. The Morgan fingerprint density at radius 3 is 2.69 bits per heavy atom. The standard InChI is InChI=1S/C31H43ClN2O5/c1-20(2)21-8-6-9-22(16-21)29-24(10-7-11-25(29)32)31(37,12-4-5-14-38-3)28-19-34(13-15-39-28)30(36)23-17-26(33)27(35)18-23/h6-11,16,20,23,26-28,35,37H,4-5,12-15,17-19,33H2,1-3H3/t23-,26+,27-,28+,31-/m0/s1. The fourth-order valence-corrected chi connectivity index (χ4v) is 6.27. The van der Waals surface area contributed by atoms with Crippen LogP contribution >= 0.6 is 11.6 Å². The Morgan fingerprint density at radius 1 is 1.23 bits per heavy atom. The third-order valence-electron chi connectivity index (χ3n) is 8.32. The summed E-state index contributed by atoms with van der Waals surface area (Å²) in [6.07, 6.45) is 1.44. The lowest BCUT2D eigenvalue weighted by Crippen LogP contribution is -2.55. The number of carbonyl (C=O) groups excluding carboxylic acids is 1. The van der Waals surface area contributed by atoms with Crippen LogP contribution in [0, 0.1) is 5.92 Å².